The molecule has 0 aromatic carbocycles. The topological polar surface area (TPSA) is 25.4 Å². The predicted molar refractivity (Wildman–Crippen MR) is 60.4 cm³/mol. The van der Waals surface area contributed by atoms with Gasteiger partial charge in [0.05, 0.1) is 6.20 Å². The van der Waals surface area contributed by atoms with Crippen molar-refractivity contribution in [3.63, 3.8) is 0 Å². The Kier molecular flexibility index (Phi) is 3.44. The number of nitrogens with zero attached hydrogens (tertiary/aromatic N) is 2. The van der Waals surface area contributed by atoms with Crippen LogP contribution in [0, 0.1) is 0 Å². The third kappa shape index (κ3) is 3.08. The summed E-state index contributed by atoms with van der Waals surface area (Å²) in [6, 6.07) is 3.62. The number of pyridine rings is 1. The molecule has 0 radical (unpaired) electrons. The number of piperidine rings is 1. The van der Waals surface area contributed by atoms with Crippen molar-refractivity contribution in [1.29, 1.82) is 0 Å². The molecule has 0 aliphatic carbocycles. The van der Waals surface area contributed by atoms with E-state index in [2.05, 4.69) is 16.9 Å². The molecule has 0 atom stereocenters. The number of hydrogen-bond acceptors (Lipinski definition) is 3. The van der Waals surface area contributed by atoms with Crippen molar-refractivity contribution in [2.45, 2.75) is 18.9 Å². The molecule has 2 rings (SSSR count). The van der Waals surface area contributed by atoms with Crippen LogP contribution in [0.1, 0.15) is 12.8 Å². The van der Waals surface area contributed by atoms with Crippen molar-refractivity contribution in [3.05, 3.63) is 23.5 Å². The standard InChI is InChI=1S/C11H15ClN2O/c1-14-6-4-9(5-7-14)15-10-2-3-11(12)13-8-10/h2-3,8-9H,4-7H2,1H3. The average Bonchev–Trinajstić information content (AvgIpc) is 2.25. The molecule has 4 heteroatoms. The van der Waals surface area contributed by atoms with E-state index in [4.69, 9.17) is 16.3 Å². The number of ether oxygens (including phenoxy) is 1. The number of likely N-dealkylation sites (tertiary alicyclic amines) is 1. The van der Waals surface area contributed by atoms with Gasteiger partial charge in [-0.1, -0.05) is 11.6 Å². The molecule has 1 fully saturated rings. The molecule has 1 aliphatic heterocycles. The van der Waals surface area contributed by atoms with Gasteiger partial charge in [-0.2, -0.15) is 0 Å². The second kappa shape index (κ2) is 4.81. The second-order valence-corrected chi connectivity index (χ2v) is 4.32. The van der Waals surface area contributed by atoms with E-state index >= 15 is 0 Å². The maximum absolute atomic E-state index is 5.81. The highest BCUT2D eigenvalue weighted by molar-refractivity contribution is 6.29. The molecule has 0 bridgehead atoms. The summed E-state index contributed by atoms with van der Waals surface area (Å²) in [6.07, 6.45) is 4.17. The Balaban J connectivity index is 1.89. The lowest BCUT2D eigenvalue weighted by Crippen LogP contribution is -2.35. The van der Waals surface area contributed by atoms with E-state index in [-0.39, 0.29) is 0 Å². The van der Waals surface area contributed by atoms with Gasteiger partial charge in [0.25, 0.3) is 0 Å². The first-order chi connectivity index (χ1) is 7.24. The summed E-state index contributed by atoms with van der Waals surface area (Å²) in [5, 5.41) is 0.505. The lowest BCUT2D eigenvalue weighted by Gasteiger charge is -2.29. The fourth-order valence-electron chi connectivity index (χ4n) is 1.73. The number of rotatable bonds is 2. The van der Waals surface area contributed by atoms with Crippen LogP contribution in [0.3, 0.4) is 0 Å². The zero-order valence-electron chi connectivity index (χ0n) is 8.82. The SMILES string of the molecule is CN1CCC(Oc2ccc(Cl)nc2)CC1. The van der Waals surface area contributed by atoms with Gasteiger partial charge in [0.15, 0.2) is 0 Å². The quantitative estimate of drug-likeness (QED) is 0.723. The van der Waals surface area contributed by atoms with Gasteiger partial charge in [0.2, 0.25) is 0 Å². The van der Waals surface area contributed by atoms with Gasteiger partial charge in [-0.05, 0) is 32.0 Å². The Bertz CT molecular complexity index is 307. The summed E-state index contributed by atoms with van der Waals surface area (Å²) in [5.41, 5.74) is 0. The summed E-state index contributed by atoms with van der Waals surface area (Å²) in [6.45, 7) is 2.21. The summed E-state index contributed by atoms with van der Waals surface area (Å²) in [7, 11) is 2.14. The van der Waals surface area contributed by atoms with Crippen LogP contribution >= 0.6 is 11.6 Å². The maximum Gasteiger partial charge on any atom is 0.138 e. The fourth-order valence-corrected chi connectivity index (χ4v) is 1.84. The van der Waals surface area contributed by atoms with Crippen LogP contribution in [0.2, 0.25) is 5.15 Å². The molecule has 0 saturated carbocycles. The molecule has 15 heavy (non-hydrogen) atoms. The van der Waals surface area contributed by atoms with E-state index in [1.54, 1.807) is 12.3 Å². The van der Waals surface area contributed by atoms with Gasteiger partial charge in [0.1, 0.15) is 17.0 Å². The smallest absolute Gasteiger partial charge is 0.138 e. The molecule has 82 valence electrons. The van der Waals surface area contributed by atoms with Gasteiger partial charge in [-0.15, -0.1) is 0 Å². The molecule has 1 aromatic rings. The molecule has 1 saturated heterocycles. The van der Waals surface area contributed by atoms with E-state index in [1.165, 1.54) is 0 Å². The summed E-state index contributed by atoms with van der Waals surface area (Å²) >= 11 is 5.70. The van der Waals surface area contributed by atoms with Crippen LogP contribution in [0.5, 0.6) is 5.75 Å². The van der Waals surface area contributed by atoms with Crippen molar-refractivity contribution >= 4 is 11.6 Å². The molecule has 1 aliphatic rings. The monoisotopic (exact) mass is 226 g/mol. The normalized spacial score (nSPS) is 19.1. The average molecular weight is 227 g/mol. The highest BCUT2D eigenvalue weighted by atomic mass is 35.5. The minimum absolute atomic E-state index is 0.323. The minimum Gasteiger partial charge on any atom is -0.489 e. The summed E-state index contributed by atoms with van der Waals surface area (Å²) in [4.78, 5) is 6.31. The first kappa shape index (κ1) is 10.7. The van der Waals surface area contributed by atoms with Crippen molar-refractivity contribution in [1.82, 2.24) is 9.88 Å². The van der Waals surface area contributed by atoms with Crippen LogP contribution in [0.25, 0.3) is 0 Å². The Morgan fingerprint density at radius 2 is 2.13 bits per heavy atom. The maximum atomic E-state index is 5.81. The highest BCUT2D eigenvalue weighted by Gasteiger charge is 2.17. The van der Waals surface area contributed by atoms with Crippen LogP contribution in [0.4, 0.5) is 0 Å². The van der Waals surface area contributed by atoms with E-state index < -0.39 is 0 Å². The van der Waals surface area contributed by atoms with E-state index in [0.717, 1.165) is 31.7 Å². The lowest BCUT2D eigenvalue weighted by atomic mass is 10.1. The number of hydrogen-bond donors (Lipinski definition) is 0. The number of aromatic nitrogens is 1. The van der Waals surface area contributed by atoms with E-state index in [1.807, 2.05) is 6.07 Å². The Hall–Kier alpha value is -0.800. The zero-order valence-corrected chi connectivity index (χ0v) is 9.57. The van der Waals surface area contributed by atoms with Crippen LogP contribution in [0.15, 0.2) is 18.3 Å². The van der Waals surface area contributed by atoms with Gasteiger partial charge in [-0.3, -0.25) is 0 Å². The lowest BCUT2D eigenvalue weighted by molar-refractivity contribution is 0.114. The van der Waals surface area contributed by atoms with Crippen molar-refractivity contribution in [3.8, 4) is 5.75 Å². The first-order valence-corrected chi connectivity index (χ1v) is 5.58. The van der Waals surface area contributed by atoms with Gasteiger partial charge < -0.3 is 9.64 Å². The Morgan fingerprint density at radius 3 is 2.73 bits per heavy atom. The molecular weight excluding hydrogens is 212 g/mol. The fraction of sp³-hybridized carbons (Fsp3) is 0.545. The molecule has 0 spiro atoms. The number of halogens is 1. The van der Waals surface area contributed by atoms with Crippen molar-refractivity contribution < 1.29 is 4.74 Å². The zero-order chi connectivity index (χ0) is 10.7. The first-order valence-electron chi connectivity index (χ1n) is 5.21. The van der Waals surface area contributed by atoms with E-state index in [9.17, 15) is 0 Å². The highest BCUT2D eigenvalue weighted by Crippen LogP contribution is 2.18. The summed E-state index contributed by atoms with van der Waals surface area (Å²) < 4.78 is 5.81. The van der Waals surface area contributed by atoms with E-state index in [0.29, 0.717) is 11.3 Å². The predicted octanol–water partition coefficient (Wildman–Crippen LogP) is 2.21. The molecule has 0 amide bonds. The summed E-state index contributed by atoms with van der Waals surface area (Å²) in [5.74, 6) is 0.814. The minimum atomic E-state index is 0.323. The largest absolute Gasteiger partial charge is 0.489 e. The van der Waals surface area contributed by atoms with Crippen molar-refractivity contribution in [2.75, 3.05) is 20.1 Å². The van der Waals surface area contributed by atoms with Gasteiger partial charge >= 0.3 is 0 Å². The van der Waals surface area contributed by atoms with Crippen molar-refractivity contribution in [2.24, 2.45) is 0 Å². The molecule has 0 N–H and O–H groups in total. The Labute approximate surface area is 95.0 Å². The van der Waals surface area contributed by atoms with Crippen LogP contribution in [-0.2, 0) is 0 Å². The third-order valence-electron chi connectivity index (χ3n) is 2.67. The molecule has 2 heterocycles. The van der Waals surface area contributed by atoms with Gasteiger partial charge in [-0.25, -0.2) is 4.98 Å². The molecule has 0 unspecified atom stereocenters. The molecule has 1 aromatic heterocycles. The molecular formula is C11H15ClN2O. The Morgan fingerprint density at radius 1 is 1.40 bits per heavy atom. The van der Waals surface area contributed by atoms with Crippen LogP contribution in [-0.4, -0.2) is 36.1 Å². The second-order valence-electron chi connectivity index (χ2n) is 3.94. The van der Waals surface area contributed by atoms with Gasteiger partial charge in [0, 0.05) is 13.1 Å². The van der Waals surface area contributed by atoms with Crippen LogP contribution < -0.4 is 4.74 Å². The third-order valence-corrected chi connectivity index (χ3v) is 2.89. The molecule has 3 nitrogen and oxygen atoms in total.